The molecule has 0 radical (unpaired) electrons. The topological polar surface area (TPSA) is 67.6 Å². The lowest BCUT2D eigenvalue weighted by molar-refractivity contribution is -0.384. The number of nitrogens with one attached hydrogen (secondary N) is 1. The molecule has 0 aromatic heterocycles. The van der Waals surface area contributed by atoms with Gasteiger partial charge < -0.3 is 15.0 Å². The van der Waals surface area contributed by atoms with Crippen molar-refractivity contribution in [2.75, 3.05) is 32.1 Å². The average Bonchev–Trinajstić information content (AvgIpc) is 2.67. The van der Waals surface area contributed by atoms with Gasteiger partial charge in [0.25, 0.3) is 5.69 Å². The molecule has 1 heterocycles. The first-order valence-electron chi connectivity index (χ1n) is 8.47. The zero-order chi connectivity index (χ0) is 17.8. The van der Waals surface area contributed by atoms with E-state index >= 15 is 0 Å². The predicted molar refractivity (Wildman–Crippen MR) is 99.4 cm³/mol. The number of ether oxygens (including phenoxy) is 1. The van der Waals surface area contributed by atoms with E-state index in [0.717, 1.165) is 42.7 Å². The highest BCUT2D eigenvalue weighted by Gasteiger charge is 2.25. The van der Waals surface area contributed by atoms with Gasteiger partial charge in [0.15, 0.2) is 0 Å². The first-order chi connectivity index (χ1) is 12.1. The standard InChI is InChI=1S/C19H23N3O3/c1-21(15-8-10-20-11-9-15)18-13-16(22(23)24)12-17(19(18)25-2)14-6-4-3-5-7-14/h3-7,12-13,15,20H,8-11H2,1-2H3. The minimum Gasteiger partial charge on any atom is -0.494 e. The summed E-state index contributed by atoms with van der Waals surface area (Å²) in [5.41, 5.74) is 2.49. The van der Waals surface area contributed by atoms with Gasteiger partial charge in [0, 0.05) is 30.8 Å². The Balaban J connectivity index is 2.12. The number of nitro benzene ring substituents is 1. The molecule has 132 valence electrons. The van der Waals surface area contributed by atoms with E-state index in [0.29, 0.717) is 11.8 Å². The fourth-order valence-corrected chi connectivity index (χ4v) is 3.40. The lowest BCUT2D eigenvalue weighted by Crippen LogP contribution is -2.41. The van der Waals surface area contributed by atoms with Crippen LogP contribution in [0.2, 0.25) is 0 Å². The number of rotatable bonds is 5. The van der Waals surface area contributed by atoms with Gasteiger partial charge in [0.2, 0.25) is 0 Å². The summed E-state index contributed by atoms with van der Waals surface area (Å²) in [4.78, 5) is 13.3. The Morgan fingerprint density at radius 3 is 2.48 bits per heavy atom. The molecule has 2 aromatic rings. The molecule has 6 nitrogen and oxygen atoms in total. The molecule has 0 atom stereocenters. The number of non-ortho nitro benzene ring substituents is 1. The van der Waals surface area contributed by atoms with Gasteiger partial charge in [-0.3, -0.25) is 10.1 Å². The molecule has 2 aromatic carbocycles. The summed E-state index contributed by atoms with van der Waals surface area (Å²) < 4.78 is 5.70. The monoisotopic (exact) mass is 341 g/mol. The van der Waals surface area contributed by atoms with Gasteiger partial charge in [-0.05, 0) is 31.5 Å². The van der Waals surface area contributed by atoms with Crippen molar-refractivity contribution in [1.82, 2.24) is 5.32 Å². The maximum Gasteiger partial charge on any atom is 0.272 e. The minimum atomic E-state index is -0.342. The molecular weight excluding hydrogens is 318 g/mol. The highest BCUT2D eigenvalue weighted by molar-refractivity contribution is 5.81. The Bertz CT molecular complexity index is 743. The zero-order valence-electron chi connectivity index (χ0n) is 14.6. The van der Waals surface area contributed by atoms with Crippen LogP contribution in [-0.2, 0) is 0 Å². The van der Waals surface area contributed by atoms with Crippen molar-refractivity contribution in [3.05, 3.63) is 52.6 Å². The quantitative estimate of drug-likeness (QED) is 0.666. The van der Waals surface area contributed by atoms with Crippen LogP contribution >= 0.6 is 0 Å². The number of anilines is 1. The Labute approximate surface area is 147 Å². The van der Waals surface area contributed by atoms with Crippen LogP contribution in [0.15, 0.2) is 42.5 Å². The van der Waals surface area contributed by atoms with Crippen LogP contribution in [-0.4, -0.2) is 38.2 Å². The average molecular weight is 341 g/mol. The lowest BCUT2D eigenvalue weighted by Gasteiger charge is -2.34. The molecule has 0 unspecified atom stereocenters. The predicted octanol–water partition coefficient (Wildman–Crippen LogP) is 3.46. The summed E-state index contributed by atoms with van der Waals surface area (Å²) >= 11 is 0. The summed E-state index contributed by atoms with van der Waals surface area (Å²) in [6.07, 6.45) is 2.01. The summed E-state index contributed by atoms with van der Waals surface area (Å²) in [7, 11) is 3.61. The van der Waals surface area contributed by atoms with Crippen molar-refractivity contribution in [1.29, 1.82) is 0 Å². The second kappa shape index (κ2) is 7.53. The van der Waals surface area contributed by atoms with Gasteiger partial charge in [-0.25, -0.2) is 0 Å². The molecule has 0 aliphatic carbocycles. The van der Waals surface area contributed by atoms with E-state index < -0.39 is 0 Å². The molecule has 3 rings (SSSR count). The smallest absolute Gasteiger partial charge is 0.272 e. The molecule has 1 aliphatic rings. The second-order valence-corrected chi connectivity index (χ2v) is 6.26. The number of nitro groups is 1. The zero-order valence-corrected chi connectivity index (χ0v) is 14.6. The molecule has 1 fully saturated rings. The minimum absolute atomic E-state index is 0.0791. The first kappa shape index (κ1) is 17.2. The van der Waals surface area contributed by atoms with Crippen LogP contribution in [0.1, 0.15) is 12.8 Å². The highest BCUT2D eigenvalue weighted by Crippen LogP contribution is 2.42. The number of benzene rings is 2. The van der Waals surface area contributed by atoms with Crippen molar-refractivity contribution < 1.29 is 9.66 Å². The van der Waals surface area contributed by atoms with Crippen LogP contribution in [0, 0.1) is 10.1 Å². The third-order valence-corrected chi connectivity index (χ3v) is 4.79. The molecular formula is C19H23N3O3. The van der Waals surface area contributed by atoms with Crippen molar-refractivity contribution in [2.45, 2.75) is 18.9 Å². The molecule has 1 aliphatic heterocycles. The van der Waals surface area contributed by atoms with Gasteiger partial charge in [0.1, 0.15) is 5.75 Å². The maximum atomic E-state index is 11.5. The van der Waals surface area contributed by atoms with Crippen LogP contribution in [0.5, 0.6) is 5.75 Å². The maximum absolute atomic E-state index is 11.5. The van der Waals surface area contributed by atoms with Crippen LogP contribution in [0.3, 0.4) is 0 Å². The highest BCUT2D eigenvalue weighted by atomic mass is 16.6. The van der Waals surface area contributed by atoms with Crippen molar-refractivity contribution in [3.8, 4) is 16.9 Å². The van der Waals surface area contributed by atoms with E-state index in [1.807, 2.05) is 37.4 Å². The molecule has 1 N–H and O–H groups in total. The molecule has 0 amide bonds. The van der Waals surface area contributed by atoms with E-state index in [2.05, 4.69) is 10.2 Å². The Kier molecular flexibility index (Phi) is 5.19. The van der Waals surface area contributed by atoms with Crippen LogP contribution in [0.4, 0.5) is 11.4 Å². The van der Waals surface area contributed by atoms with E-state index in [9.17, 15) is 10.1 Å². The molecule has 6 heteroatoms. The normalized spacial score (nSPS) is 15.0. The van der Waals surface area contributed by atoms with E-state index in [1.54, 1.807) is 19.2 Å². The summed E-state index contributed by atoms with van der Waals surface area (Å²) in [6, 6.07) is 13.2. The van der Waals surface area contributed by atoms with Gasteiger partial charge >= 0.3 is 0 Å². The fraction of sp³-hybridized carbons (Fsp3) is 0.368. The number of hydrogen-bond donors (Lipinski definition) is 1. The van der Waals surface area contributed by atoms with Gasteiger partial charge in [-0.1, -0.05) is 30.3 Å². The number of methoxy groups -OCH3 is 1. The molecule has 1 saturated heterocycles. The van der Waals surface area contributed by atoms with E-state index in [-0.39, 0.29) is 10.6 Å². The molecule has 0 bridgehead atoms. The third-order valence-electron chi connectivity index (χ3n) is 4.79. The molecule has 0 spiro atoms. The molecule has 0 saturated carbocycles. The Morgan fingerprint density at radius 1 is 1.20 bits per heavy atom. The number of nitrogens with zero attached hydrogens (tertiary/aromatic N) is 2. The third kappa shape index (κ3) is 3.58. The Morgan fingerprint density at radius 2 is 1.88 bits per heavy atom. The first-order valence-corrected chi connectivity index (χ1v) is 8.47. The number of piperidine rings is 1. The summed E-state index contributed by atoms with van der Waals surface area (Å²) in [5, 5.41) is 14.8. The van der Waals surface area contributed by atoms with Crippen molar-refractivity contribution in [3.63, 3.8) is 0 Å². The molecule has 25 heavy (non-hydrogen) atoms. The van der Waals surface area contributed by atoms with Crippen LogP contribution in [0.25, 0.3) is 11.1 Å². The van der Waals surface area contributed by atoms with Crippen LogP contribution < -0.4 is 15.0 Å². The van der Waals surface area contributed by atoms with Crippen molar-refractivity contribution in [2.24, 2.45) is 0 Å². The number of hydrogen-bond acceptors (Lipinski definition) is 5. The summed E-state index contributed by atoms with van der Waals surface area (Å²) in [5.74, 6) is 0.679. The lowest BCUT2D eigenvalue weighted by atomic mass is 10.00. The van der Waals surface area contributed by atoms with Gasteiger partial charge in [0.05, 0.1) is 17.7 Å². The van der Waals surface area contributed by atoms with Gasteiger partial charge in [-0.2, -0.15) is 0 Å². The van der Waals surface area contributed by atoms with E-state index in [4.69, 9.17) is 4.74 Å². The van der Waals surface area contributed by atoms with Crippen molar-refractivity contribution >= 4 is 11.4 Å². The summed E-state index contributed by atoms with van der Waals surface area (Å²) in [6.45, 7) is 1.91. The van der Waals surface area contributed by atoms with Gasteiger partial charge in [-0.15, -0.1) is 0 Å². The van der Waals surface area contributed by atoms with E-state index in [1.165, 1.54) is 0 Å². The SMILES string of the molecule is COc1c(-c2ccccc2)cc([N+](=O)[O-])cc1N(C)C1CCNCC1. The second-order valence-electron chi connectivity index (χ2n) is 6.26. The largest absolute Gasteiger partial charge is 0.494 e. The Hall–Kier alpha value is -2.60. The fourth-order valence-electron chi connectivity index (χ4n) is 3.40.